The second kappa shape index (κ2) is 5.55. The molecule has 104 valence electrons. The van der Waals surface area contributed by atoms with Gasteiger partial charge in [0.05, 0.1) is 14.2 Å². The van der Waals surface area contributed by atoms with Gasteiger partial charge in [-0.25, -0.2) is 0 Å². The summed E-state index contributed by atoms with van der Waals surface area (Å²) in [6.45, 7) is 1.85. The largest absolute Gasteiger partial charge is 0.497 e. The van der Waals surface area contributed by atoms with E-state index >= 15 is 0 Å². The molecule has 1 aliphatic rings. The highest BCUT2D eigenvalue weighted by atomic mass is 16.5. The van der Waals surface area contributed by atoms with Crippen LogP contribution in [0.2, 0.25) is 0 Å². The van der Waals surface area contributed by atoms with E-state index in [4.69, 9.17) is 9.47 Å². The molecule has 0 aliphatic carbocycles. The summed E-state index contributed by atoms with van der Waals surface area (Å²) in [6, 6.07) is 14.6. The van der Waals surface area contributed by atoms with E-state index in [1.54, 1.807) is 14.2 Å². The zero-order valence-electron chi connectivity index (χ0n) is 11.8. The molecule has 1 unspecified atom stereocenters. The van der Waals surface area contributed by atoms with Crippen LogP contribution in [-0.4, -0.2) is 20.8 Å². The number of nitrogens with one attached hydrogen (secondary N) is 1. The van der Waals surface area contributed by atoms with E-state index in [0.29, 0.717) is 5.92 Å². The third-order valence-corrected chi connectivity index (χ3v) is 3.91. The monoisotopic (exact) mass is 269 g/mol. The molecule has 3 heteroatoms. The van der Waals surface area contributed by atoms with Gasteiger partial charge in [0.2, 0.25) is 0 Å². The molecule has 1 N–H and O–H groups in total. The van der Waals surface area contributed by atoms with Crippen molar-refractivity contribution in [3.8, 4) is 11.5 Å². The fraction of sp³-hybridized carbons (Fsp3) is 0.294. The van der Waals surface area contributed by atoms with Gasteiger partial charge in [-0.05, 0) is 29.3 Å². The van der Waals surface area contributed by atoms with E-state index in [1.165, 1.54) is 16.7 Å². The van der Waals surface area contributed by atoms with E-state index in [0.717, 1.165) is 24.6 Å². The number of rotatable bonds is 3. The Labute approximate surface area is 119 Å². The van der Waals surface area contributed by atoms with Crippen LogP contribution in [0.1, 0.15) is 22.6 Å². The van der Waals surface area contributed by atoms with Gasteiger partial charge >= 0.3 is 0 Å². The lowest BCUT2D eigenvalue weighted by Gasteiger charge is -2.28. The first kappa shape index (κ1) is 13.0. The number of hydrogen-bond acceptors (Lipinski definition) is 3. The minimum absolute atomic E-state index is 0.296. The van der Waals surface area contributed by atoms with Gasteiger partial charge in [0.25, 0.3) is 0 Å². The van der Waals surface area contributed by atoms with Gasteiger partial charge < -0.3 is 14.8 Å². The molecule has 3 rings (SSSR count). The second-order valence-electron chi connectivity index (χ2n) is 4.99. The Morgan fingerprint density at radius 3 is 2.65 bits per heavy atom. The average molecular weight is 269 g/mol. The van der Waals surface area contributed by atoms with Gasteiger partial charge in [0, 0.05) is 24.6 Å². The van der Waals surface area contributed by atoms with Crippen molar-refractivity contribution in [2.75, 3.05) is 20.8 Å². The quantitative estimate of drug-likeness (QED) is 0.929. The van der Waals surface area contributed by atoms with Crippen molar-refractivity contribution in [2.45, 2.75) is 12.5 Å². The lowest BCUT2D eigenvalue weighted by Crippen LogP contribution is -2.29. The molecule has 0 fully saturated rings. The van der Waals surface area contributed by atoms with E-state index in [2.05, 4.69) is 35.6 Å². The van der Waals surface area contributed by atoms with Crippen LogP contribution in [0.15, 0.2) is 42.5 Å². The van der Waals surface area contributed by atoms with Crippen LogP contribution in [0.3, 0.4) is 0 Å². The van der Waals surface area contributed by atoms with E-state index in [9.17, 15) is 0 Å². The second-order valence-corrected chi connectivity index (χ2v) is 4.99. The summed E-state index contributed by atoms with van der Waals surface area (Å²) in [6.07, 6.45) is 0. The third kappa shape index (κ3) is 2.25. The average Bonchev–Trinajstić information content (AvgIpc) is 2.53. The molecule has 1 aliphatic heterocycles. The molecule has 2 aromatic carbocycles. The summed E-state index contributed by atoms with van der Waals surface area (Å²) < 4.78 is 10.9. The van der Waals surface area contributed by atoms with E-state index < -0.39 is 0 Å². The SMILES string of the molecule is COc1ccc(OC)c(C2CNCc3ccccc32)c1. The minimum atomic E-state index is 0.296. The fourth-order valence-corrected chi connectivity index (χ4v) is 2.89. The molecular weight excluding hydrogens is 250 g/mol. The first-order chi connectivity index (χ1) is 9.83. The maximum atomic E-state index is 5.53. The number of benzene rings is 2. The molecule has 3 nitrogen and oxygen atoms in total. The lowest BCUT2D eigenvalue weighted by molar-refractivity contribution is 0.395. The van der Waals surface area contributed by atoms with Crippen LogP contribution in [-0.2, 0) is 6.54 Å². The molecule has 0 spiro atoms. The highest BCUT2D eigenvalue weighted by Gasteiger charge is 2.24. The predicted molar refractivity (Wildman–Crippen MR) is 79.5 cm³/mol. The third-order valence-electron chi connectivity index (χ3n) is 3.91. The van der Waals surface area contributed by atoms with Crippen LogP contribution in [0.4, 0.5) is 0 Å². The predicted octanol–water partition coefficient (Wildman–Crippen LogP) is 2.94. The Morgan fingerprint density at radius 2 is 1.85 bits per heavy atom. The van der Waals surface area contributed by atoms with Crippen molar-refractivity contribution < 1.29 is 9.47 Å². The molecule has 0 bridgehead atoms. The molecule has 2 aromatic rings. The van der Waals surface area contributed by atoms with Crippen molar-refractivity contribution in [2.24, 2.45) is 0 Å². The molecule has 20 heavy (non-hydrogen) atoms. The number of fused-ring (bicyclic) bond motifs is 1. The van der Waals surface area contributed by atoms with Crippen molar-refractivity contribution in [3.63, 3.8) is 0 Å². The van der Waals surface area contributed by atoms with Gasteiger partial charge in [-0.1, -0.05) is 24.3 Å². The smallest absolute Gasteiger partial charge is 0.122 e. The molecule has 1 atom stereocenters. The number of methoxy groups -OCH3 is 2. The topological polar surface area (TPSA) is 30.5 Å². The summed E-state index contributed by atoms with van der Waals surface area (Å²) in [7, 11) is 3.41. The van der Waals surface area contributed by atoms with Crippen molar-refractivity contribution in [3.05, 3.63) is 59.2 Å². The fourth-order valence-electron chi connectivity index (χ4n) is 2.89. The van der Waals surface area contributed by atoms with Crippen LogP contribution in [0.25, 0.3) is 0 Å². The Balaban J connectivity index is 2.09. The Kier molecular flexibility index (Phi) is 3.61. The highest BCUT2D eigenvalue weighted by Crippen LogP contribution is 2.37. The molecule has 0 saturated heterocycles. The molecule has 0 aromatic heterocycles. The molecule has 0 amide bonds. The number of hydrogen-bond donors (Lipinski definition) is 1. The van der Waals surface area contributed by atoms with E-state index in [1.807, 2.05) is 12.1 Å². The van der Waals surface area contributed by atoms with Gasteiger partial charge in [0.15, 0.2) is 0 Å². The van der Waals surface area contributed by atoms with Crippen molar-refractivity contribution in [1.29, 1.82) is 0 Å². The zero-order chi connectivity index (χ0) is 13.9. The first-order valence-electron chi connectivity index (χ1n) is 6.84. The van der Waals surface area contributed by atoms with Crippen molar-refractivity contribution in [1.82, 2.24) is 5.32 Å². The van der Waals surface area contributed by atoms with Crippen LogP contribution < -0.4 is 14.8 Å². The van der Waals surface area contributed by atoms with Crippen molar-refractivity contribution >= 4 is 0 Å². The summed E-state index contributed by atoms with van der Waals surface area (Å²) >= 11 is 0. The summed E-state index contributed by atoms with van der Waals surface area (Å²) in [5, 5.41) is 3.48. The first-order valence-corrected chi connectivity index (χ1v) is 6.84. The summed E-state index contributed by atoms with van der Waals surface area (Å²) in [4.78, 5) is 0. The highest BCUT2D eigenvalue weighted by molar-refractivity contribution is 5.49. The maximum absolute atomic E-state index is 5.53. The number of ether oxygens (including phenoxy) is 2. The minimum Gasteiger partial charge on any atom is -0.497 e. The Morgan fingerprint density at radius 1 is 1.00 bits per heavy atom. The maximum Gasteiger partial charge on any atom is 0.122 e. The Hall–Kier alpha value is -2.00. The molecular formula is C17H19NO2. The van der Waals surface area contributed by atoms with Gasteiger partial charge in [-0.15, -0.1) is 0 Å². The molecule has 0 radical (unpaired) electrons. The summed E-state index contributed by atoms with van der Waals surface area (Å²) in [5.41, 5.74) is 3.90. The summed E-state index contributed by atoms with van der Waals surface area (Å²) in [5.74, 6) is 2.07. The van der Waals surface area contributed by atoms with Crippen LogP contribution >= 0.6 is 0 Å². The standard InChI is InChI=1S/C17H19NO2/c1-19-13-7-8-17(20-2)15(9-13)16-11-18-10-12-5-3-4-6-14(12)16/h3-9,16,18H,10-11H2,1-2H3. The van der Waals surface area contributed by atoms with Gasteiger partial charge in [0.1, 0.15) is 11.5 Å². The van der Waals surface area contributed by atoms with E-state index in [-0.39, 0.29) is 0 Å². The van der Waals surface area contributed by atoms with Gasteiger partial charge in [-0.3, -0.25) is 0 Å². The Bertz CT molecular complexity index is 610. The van der Waals surface area contributed by atoms with Crippen LogP contribution in [0, 0.1) is 0 Å². The molecule has 0 saturated carbocycles. The van der Waals surface area contributed by atoms with Crippen LogP contribution in [0.5, 0.6) is 11.5 Å². The lowest BCUT2D eigenvalue weighted by atomic mass is 9.85. The van der Waals surface area contributed by atoms with Gasteiger partial charge in [-0.2, -0.15) is 0 Å². The normalized spacial score (nSPS) is 17.4. The molecule has 1 heterocycles. The zero-order valence-corrected chi connectivity index (χ0v) is 11.8.